The van der Waals surface area contributed by atoms with Gasteiger partial charge in [-0.25, -0.2) is 4.79 Å². The molecule has 4 atom stereocenters. The Bertz CT molecular complexity index is 719. The van der Waals surface area contributed by atoms with Crippen molar-refractivity contribution in [2.75, 3.05) is 6.61 Å². The first kappa shape index (κ1) is 19.7. The number of fused-ring (bicyclic) bond motifs is 1. The van der Waals surface area contributed by atoms with Crippen molar-refractivity contribution >= 4 is 11.9 Å². The van der Waals surface area contributed by atoms with E-state index in [1.54, 1.807) is 12.5 Å². The van der Waals surface area contributed by atoms with Crippen LogP contribution in [0.4, 0.5) is 0 Å². The number of rotatable bonds is 6. The molecule has 1 fully saturated rings. The van der Waals surface area contributed by atoms with Crippen LogP contribution in [-0.2, 0) is 20.7 Å². The predicted octanol–water partition coefficient (Wildman–Crippen LogP) is 4.62. The Kier molecular flexibility index (Phi) is 5.50. The molecular formula is C22H30O5. The van der Waals surface area contributed by atoms with E-state index in [0.717, 1.165) is 38.5 Å². The van der Waals surface area contributed by atoms with E-state index in [1.165, 1.54) is 12.5 Å². The molecule has 0 unspecified atom stereocenters. The topological polar surface area (TPSA) is 76.7 Å². The summed E-state index contributed by atoms with van der Waals surface area (Å²) >= 11 is 0. The number of carbonyl (C=O) groups is 2. The van der Waals surface area contributed by atoms with Crippen molar-refractivity contribution in [1.29, 1.82) is 0 Å². The molecule has 0 saturated heterocycles. The molecule has 0 aromatic carbocycles. The molecule has 0 aliphatic heterocycles. The second kappa shape index (κ2) is 7.53. The van der Waals surface area contributed by atoms with Gasteiger partial charge in [0.05, 0.1) is 12.5 Å². The van der Waals surface area contributed by atoms with Crippen LogP contribution < -0.4 is 0 Å². The van der Waals surface area contributed by atoms with Gasteiger partial charge in [-0.2, -0.15) is 0 Å². The molecule has 148 valence electrons. The van der Waals surface area contributed by atoms with Gasteiger partial charge in [0.15, 0.2) is 0 Å². The van der Waals surface area contributed by atoms with Gasteiger partial charge in [-0.05, 0) is 67.4 Å². The van der Waals surface area contributed by atoms with Crippen molar-refractivity contribution in [3.05, 3.63) is 35.8 Å². The van der Waals surface area contributed by atoms with Crippen LogP contribution in [0.3, 0.4) is 0 Å². The van der Waals surface area contributed by atoms with Crippen LogP contribution in [0.1, 0.15) is 58.4 Å². The van der Waals surface area contributed by atoms with Gasteiger partial charge >= 0.3 is 11.9 Å². The molecule has 1 heterocycles. The van der Waals surface area contributed by atoms with E-state index in [0.29, 0.717) is 11.5 Å². The molecule has 1 N–H and O–H groups in total. The maximum atomic E-state index is 12.1. The van der Waals surface area contributed by atoms with Crippen LogP contribution >= 0.6 is 0 Å². The standard InChI is InChI=1S/C22H30O5/c1-15-7-11-22(14-27-16(2)23)18(20(24)25)5-4-6-19(22)21(15,3)10-8-17-9-12-26-13-17/h5,9,12-13,15,19H,4,6-8,10-11,14H2,1-3H3,(H,24,25)/t15-,19+,21+,22+/m1/s1. The number of carboxylic acid groups (broad SMARTS) is 1. The van der Waals surface area contributed by atoms with E-state index in [9.17, 15) is 14.7 Å². The summed E-state index contributed by atoms with van der Waals surface area (Å²) in [5, 5.41) is 9.90. The van der Waals surface area contributed by atoms with Gasteiger partial charge in [0, 0.05) is 17.9 Å². The molecule has 2 aliphatic rings. The summed E-state index contributed by atoms with van der Waals surface area (Å²) in [4.78, 5) is 23.6. The molecular weight excluding hydrogens is 344 g/mol. The first-order chi connectivity index (χ1) is 12.8. The Morgan fingerprint density at radius 2 is 2.15 bits per heavy atom. The number of aryl methyl sites for hydroxylation is 1. The Hall–Kier alpha value is -2.04. The summed E-state index contributed by atoms with van der Waals surface area (Å²) < 4.78 is 10.7. The molecule has 1 aromatic rings. The predicted molar refractivity (Wildman–Crippen MR) is 101 cm³/mol. The zero-order valence-corrected chi connectivity index (χ0v) is 16.5. The minimum absolute atomic E-state index is 0.0232. The highest BCUT2D eigenvalue weighted by molar-refractivity contribution is 5.88. The lowest BCUT2D eigenvalue weighted by atomic mass is 9.46. The Labute approximate surface area is 160 Å². The smallest absolute Gasteiger partial charge is 0.331 e. The number of hydrogen-bond donors (Lipinski definition) is 1. The molecule has 2 aliphatic carbocycles. The van der Waals surface area contributed by atoms with Crippen LogP contribution in [0.25, 0.3) is 0 Å². The lowest BCUT2D eigenvalue weighted by molar-refractivity contribution is -0.155. The maximum absolute atomic E-state index is 12.1. The fraction of sp³-hybridized carbons (Fsp3) is 0.636. The van der Waals surface area contributed by atoms with Gasteiger partial charge in [-0.1, -0.05) is 19.9 Å². The number of allylic oxidation sites excluding steroid dienone is 1. The third-order valence-corrected chi connectivity index (χ3v) is 7.25. The molecule has 27 heavy (non-hydrogen) atoms. The van der Waals surface area contributed by atoms with Gasteiger partial charge in [0.2, 0.25) is 0 Å². The fourth-order valence-corrected chi connectivity index (χ4v) is 5.53. The number of furan rings is 1. The van der Waals surface area contributed by atoms with Gasteiger partial charge in [-0.3, -0.25) is 4.79 Å². The van der Waals surface area contributed by atoms with Gasteiger partial charge in [-0.15, -0.1) is 0 Å². The minimum Gasteiger partial charge on any atom is -0.478 e. The maximum Gasteiger partial charge on any atom is 0.331 e. The lowest BCUT2D eigenvalue weighted by Crippen LogP contribution is -2.54. The van der Waals surface area contributed by atoms with E-state index >= 15 is 0 Å². The van der Waals surface area contributed by atoms with Crippen molar-refractivity contribution in [2.24, 2.45) is 22.7 Å². The van der Waals surface area contributed by atoms with E-state index in [-0.39, 0.29) is 23.9 Å². The summed E-state index contributed by atoms with van der Waals surface area (Å²) in [5.74, 6) is -0.570. The van der Waals surface area contributed by atoms with Gasteiger partial charge in [0.1, 0.15) is 6.61 Å². The number of carbonyl (C=O) groups excluding carboxylic acids is 1. The van der Waals surface area contributed by atoms with Crippen molar-refractivity contribution < 1.29 is 23.8 Å². The average molecular weight is 374 g/mol. The molecule has 5 nitrogen and oxygen atoms in total. The van der Waals surface area contributed by atoms with Crippen LogP contribution in [0, 0.1) is 22.7 Å². The number of carboxylic acids is 1. The minimum atomic E-state index is -0.876. The third-order valence-electron chi connectivity index (χ3n) is 7.25. The highest BCUT2D eigenvalue weighted by Gasteiger charge is 2.58. The fourth-order valence-electron chi connectivity index (χ4n) is 5.53. The van der Waals surface area contributed by atoms with E-state index in [1.807, 2.05) is 12.1 Å². The summed E-state index contributed by atoms with van der Waals surface area (Å²) in [5.41, 5.74) is 1.00. The van der Waals surface area contributed by atoms with Gasteiger partial charge < -0.3 is 14.3 Å². The first-order valence-electron chi connectivity index (χ1n) is 9.88. The Morgan fingerprint density at radius 3 is 2.78 bits per heavy atom. The van der Waals surface area contributed by atoms with Crippen LogP contribution in [0.15, 0.2) is 34.7 Å². The summed E-state index contributed by atoms with van der Waals surface area (Å²) in [6.07, 6.45) is 10.6. The van der Waals surface area contributed by atoms with E-state index in [4.69, 9.17) is 9.15 Å². The molecule has 1 saturated carbocycles. The molecule has 0 bridgehead atoms. The van der Waals surface area contributed by atoms with Crippen molar-refractivity contribution in [3.63, 3.8) is 0 Å². The summed E-state index contributed by atoms with van der Waals surface area (Å²) in [6, 6.07) is 1.99. The highest BCUT2D eigenvalue weighted by Crippen LogP contribution is 2.62. The second-order valence-corrected chi connectivity index (χ2v) is 8.57. The van der Waals surface area contributed by atoms with Crippen molar-refractivity contribution in [3.8, 4) is 0 Å². The average Bonchev–Trinajstić information content (AvgIpc) is 3.15. The molecule has 3 rings (SSSR count). The Morgan fingerprint density at radius 1 is 1.37 bits per heavy atom. The van der Waals surface area contributed by atoms with Crippen LogP contribution in [0.5, 0.6) is 0 Å². The molecule has 1 aromatic heterocycles. The summed E-state index contributed by atoms with van der Waals surface area (Å²) in [7, 11) is 0. The van der Waals surface area contributed by atoms with E-state index < -0.39 is 11.4 Å². The second-order valence-electron chi connectivity index (χ2n) is 8.57. The van der Waals surface area contributed by atoms with Gasteiger partial charge in [0.25, 0.3) is 0 Å². The summed E-state index contributed by atoms with van der Waals surface area (Å²) in [6.45, 7) is 6.14. The molecule has 5 heteroatoms. The van der Waals surface area contributed by atoms with Crippen LogP contribution in [0.2, 0.25) is 0 Å². The largest absolute Gasteiger partial charge is 0.478 e. The number of esters is 1. The first-order valence-corrected chi connectivity index (χ1v) is 9.88. The lowest BCUT2D eigenvalue weighted by Gasteiger charge is -2.58. The zero-order valence-electron chi connectivity index (χ0n) is 16.5. The highest BCUT2D eigenvalue weighted by atomic mass is 16.5. The third kappa shape index (κ3) is 3.56. The number of hydrogen-bond acceptors (Lipinski definition) is 4. The number of ether oxygens (including phenoxy) is 1. The molecule has 0 amide bonds. The normalized spacial score (nSPS) is 33.1. The quantitative estimate of drug-likeness (QED) is 0.735. The number of aliphatic carboxylic acids is 1. The molecule has 0 spiro atoms. The Balaban J connectivity index is 1.96. The van der Waals surface area contributed by atoms with E-state index in [2.05, 4.69) is 13.8 Å². The zero-order chi connectivity index (χ0) is 19.7. The van der Waals surface area contributed by atoms with Crippen molar-refractivity contribution in [2.45, 2.75) is 59.3 Å². The monoisotopic (exact) mass is 374 g/mol. The SMILES string of the molecule is CC(=O)OC[C@]12CC[C@@H](C)[C@](C)(CCc3ccoc3)[C@@H]1CCC=C2C(=O)O. The van der Waals surface area contributed by atoms with Crippen LogP contribution in [-0.4, -0.2) is 23.7 Å². The molecule has 0 radical (unpaired) electrons. The van der Waals surface area contributed by atoms with Crippen molar-refractivity contribution in [1.82, 2.24) is 0 Å².